The maximum Gasteiger partial charge on any atom is 0.408 e. The van der Waals surface area contributed by atoms with Crippen LogP contribution in [0, 0.1) is 0 Å². The van der Waals surface area contributed by atoms with E-state index in [1.54, 1.807) is 30.3 Å². The van der Waals surface area contributed by atoms with E-state index in [1.165, 1.54) is 21.0 Å². The monoisotopic (exact) mass is 684 g/mol. The van der Waals surface area contributed by atoms with E-state index in [1.807, 2.05) is 0 Å². The Morgan fingerprint density at radius 2 is 1.46 bits per heavy atom. The molecule has 1 heterocycles. The van der Waals surface area contributed by atoms with Crippen molar-refractivity contribution in [3.63, 3.8) is 0 Å². The van der Waals surface area contributed by atoms with Crippen molar-refractivity contribution in [2.75, 3.05) is 40.1 Å². The van der Waals surface area contributed by atoms with E-state index in [9.17, 15) is 28.8 Å². The Labute approximate surface area is 278 Å². The van der Waals surface area contributed by atoms with Gasteiger partial charge < -0.3 is 53.3 Å². The molecule has 2 amide bonds. The first kappa shape index (κ1) is 39.9. The zero-order chi connectivity index (χ0) is 35.6. The zero-order valence-electron chi connectivity index (χ0n) is 27.8. The third-order valence-electron chi connectivity index (χ3n) is 6.53. The van der Waals surface area contributed by atoms with E-state index < -0.39 is 85.3 Å². The summed E-state index contributed by atoms with van der Waals surface area (Å²) >= 11 is 0. The first-order chi connectivity index (χ1) is 22.8. The van der Waals surface area contributed by atoms with Crippen LogP contribution in [0.5, 0.6) is 0 Å². The molecule has 17 nitrogen and oxygen atoms in total. The van der Waals surface area contributed by atoms with E-state index in [0.717, 1.165) is 20.8 Å². The maximum absolute atomic E-state index is 13.3. The first-order valence-electron chi connectivity index (χ1n) is 15.1. The highest BCUT2D eigenvalue weighted by molar-refractivity contribution is 5.82. The molecule has 0 aromatic heterocycles. The number of hydrogen-bond acceptors (Lipinski definition) is 15. The Bertz CT molecular complexity index is 1210. The van der Waals surface area contributed by atoms with Gasteiger partial charge in [0.15, 0.2) is 24.5 Å². The van der Waals surface area contributed by atoms with Gasteiger partial charge in [0, 0.05) is 34.8 Å². The highest BCUT2D eigenvalue weighted by Crippen LogP contribution is 2.29. The van der Waals surface area contributed by atoms with Gasteiger partial charge in [0.25, 0.3) is 0 Å². The van der Waals surface area contributed by atoms with Crippen LogP contribution in [0.25, 0.3) is 0 Å². The maximum atomic E-state index is 13.3. The summed E-state index contributed by atoms with van der Waals surface area (Å²) in [5.41, 5.74) is 0.690. The second-order valence-corrected chi connectivity index (χ2v) is 10.5. The minimum atomic E-state index is -1.52. The molecule has 0 radical (unpaired) electrons. The van der Waals surface area contributed by atoms with Gasteiger partial charge in [-0.25, -0.2) is 9.59 Å². The fourth-order valence-electron chi connectivity index (χ4n) is 4.49. The van der Waals surface area contributed by atoms with E-state index >= 15 is 0 Å². The summed E-state index contributed by atoms with van der Waals surface area (Å²) in [6.45, 7) is 5.81. The van der Waals surface area contributed by atoms with Crippen LogP contribution in [0.3, 0.4) is 0 Å². The molecule has 1 aliphatic rings. The van der Waals surface area contributed by atoms with Crippen LogP contribution >= 0.6 is 0 Å². The van der Waals surface area contributed by atoms with Crippen molar-refractivity contribution < 1.29 is 71.4 Å². The molecule has 1 fully saturated rings. The third-order valence-corrected chi connectivity index (χ3v) is 6.53. The van der Waals surface area contributed by atoms with Crippen LogP contribution in [0.2, 0.25) is 0 Å². The fourth-order valence-corrected chi connectivity index (χ4v) is 4.49. The average molecular weight is 685 g/mol. The van der Waals surface area contributed by atoms with Crippen LogP contribution < -0.4 is 10.6 Å². The second-order valence-electron chi connectivity index (χ2n) is 10.5. The third kappa shape index (κ3) is 14.2. The molecule has 48 heavy (non-hydrogen) atoms. The minimum Gasteiger partial charge on any atom is -0.463 e. The van der Waals surface area contributed by atoms with Crippen LogP contribution in [0.1, 0.15) is 40.2 Å². The summed E-state index contributed by atoms with van der Waals surface area (Å²) in [7, 11) is 1.51. The lowest BCUT2D eigenvalue weighted by Gasteiger charge is -2.45. The van der Waals surface area contributed by atoms with E-state index in [-0.39, 0.29) is 26.4 Å². The summed E-state index contributed by atoms with van der Waals surface area (Å²) in [5.74, 6) is -3.80. The molecule has 2 N–H and O–H groups in total. The molecule has 7 atom stereocenters. The predicted octanol–water partition coefficient (Wildman–Crippen LogP) is 0.549. The van der Waals surface area contributed by atoms with Crippen molar-refractivity contribution in [3.8, 4) is 0 Å². The summed E-state index contributed by atoms with van der Waals surface area (Å²) < 4.78 is 48.9. The summed E-state index contributed by atoms with van der Waals surface area (Å²) in [6.07, 6.45) is -7.77. The van der Waals surface area contributed by atoms with Gasteiger partial charge >= 0.3 is 30.0 Å². The normalized spacial score (nSPS) is 21.5. The summed E-state index contributed by atoms with van der Waals surface area (Å²) in [6, 6.07) is 5.99. The molecule has 1 aromatic rings. The molecule has 0 saturated carbocycles. The Morgan fingerprint density at radius 1 is 0.812 bits per heavy atom. The number of ether oxygens (including phenoxy) is 9. The smallest absolute Gasteiger partial charge is 0.408 e. The number of carbonyl (C=O) groups excluding carboxylic acids is 6. The highest BCUT2D eigenvalue weighted by atomic mass is 16.7. The van der Waals surface area contributed by atoms with E-state index in [4.69, 9.17) is 42.6 Å². The fraction of sp³-hybridized carbons (Fsp3) is 0.613. The average Bonchev–Trinajstić information content (AvgIpc) is 3.02. The molecular weight excluding hydrogens is 640 g/mol. The predicted molar refractivity (Wildman–Crippen MR) is 162 cm³/mol. The van der Waals surface area contributed by atoms with Crippen molar-refractivity contribution in [1.29, 1.82) is 0 Å². The van der Waals surface area contributed by atoms with Crippen molar-refractivity contribution in [2.24, 2.45) is 0 Å². The molecule has 1 aliphatic heterocycles. The Kier molecular flexibility index (Phi) is 17.3. The molecule has 0 unspecified atom stereocenters. The molecule has 0 bridgehead atoms. The quantitative estimate of drug-likeness (QED) is 0.123. The van der Waals surface area contributed by atoms with Gasteiger partial charge in [0.2, 0.25) is 5.91 Å². The summed E-state index contributed by atoms with van der Waals surface area (Å²) in [5, 5.41) is 5.00. The molecule has 0 aliphatic carbocycles. The topological polar surface area (TPSA) is 210 Å². The minimum absolute atomic E-state index is 0.0330. The number of hydrogen-bond donors (Lipinski definition) is 2. The number of methoxy groups -OCH3 is 1. The number of amides is 2. The summed E-state index contributed by atoms with van der Waals surface area (Å²) in [4.78, 5) is 74.2. The number of benzene rings is 1. The molecule has 268 valence electrons. The lowest BCUT2D eigenvalue weighted by Crippen LogP contribution is -2.67. The molecular formula is C31H44N2O15. The van der Waals surface area contributed by atoms with Crippen molar-refractivity contribution in [1.82, 2.24) is 10.6 Å². The van der Waals surface area contributed by atoms with Gasteiger partial charge in [-0.3, -0.25) is 19.2 Å². The SMILES string of the molecule is COCCOCCOC(=O)[C@@H](NC(=O)OCc1ccccc1)[C@H](C)O[C@H]1O[C@H](COC(C)=O)[C@H](OC(C)=O)[C@H](OC(C)=O)[C@H]1NC(C)=O. The van der Waals surface area contributed by atoms with Gasteiger partial charge in [0.1, 0.15) is 32.0 Å². The van der Waals surface area contributed by atoms with Gasteiger partial charge in [-0.2, -0.15) is 0 Å². The van der Waals surface area contributed by atoms with E-state index in [0.29, 0.717) is 12.2 Å². The lowest BCUT2D eigenvalue weighted by atomic mass is 9.95. The lowest BCUT2D eigenvalue weighted by molar-refractivity contribution is -0.288. The van der Waals surface area contributed by atoms with Gasteiger partial charge in [0.05, 0.1) is 25.9 Å². The molecule has 1 saturated heterocycles. The van der Waals surface area contributed by atoms with Crippen LogP contribution in [0.15, 0.2) is 30.3 Å². The van der Waals surface area contributed by atoms with Crippen LogP contribution in [0.4, 0.5) is 4.79 Å². The molecule has 0 spiro atoms. The number of carbonyl (C=O) groups is 6. The van der Waals surface area contributed by atoms with Crippen molar-refractivity contribution in [2.45, 2.75) is 84.0 Å². The molecule has 2 rings (SSSR count). The standard InChI is InChI=1S/C31H44N2O15/c1-18(25(29(38)42-15-14-41-13-12-40-6)33-31(39)44-16-23-10-8-7-9-11-23)45-30-26(32-19(2)34)28(47-22(5)37)27(46-21(4)36)24(48-30)17-43-20(3)35/h7-11,18,24-28,30H,12-17H2,1-6H3,(H,32,34)(H,33,39)/t18-,24+,25-,26+,27-,28+,30-/m0/s1. The molecule has 1 aromatic carbocycles. The Balaban J connectivity index is 2.36. The highest BCUT2D eigenvalue weighted by Gasteiger charge is 2.52. The molecule has 17 heteroatoms. The Hall–Kier alpha value is -4.32. The Morgan fingerprint density at radius 3 is 2.06 bits per heavy atom. The first-order valence-corrected chi connectivity index (χ1v) is 15.1. The van der Waals surface area contributed by atoms with Crippen LogP contribution in [-0.2, 0) is 73.2 Å². The number of rotatable bonds is 18. The van der Waals surface area contributed by atoms with Gasteiger partial charge in [-0.05, 0) is 12.5 Å². The van der Waals surface area contributed by atoms with Crippen molar-refractivity contribution in [3.05, 3.63) is 35.9 Å². The van der Waals surface area contributed by atoms with Gasteiger partial charge in [-0.1, -0.05) is 30.3 Å². The largest absolute Gasteiger partial charge is 0.463 e. The number of nitrogens with one attached hydrogen (secondary N) is 2. The van der Waals surface area contributed by atoms with Crippen molar-refractivity contribution >= 4 is 35.9 Å². The second kappa shape index (κ2) is 20.8. The van der Waals surface area contributed by atoms with E-state index in [2.05, 4.69) is 10.6 Å². The zero-order valence-corrected chi connectivity index (χ0v) is 27.8. The van der Waals surface area contributed by atoms with Gasteiger partial charge in [-0.15, -0.1) is 0 Å². The number of esters is 4. The van der Waals surface area contributed by atoms with Crippen LogP contribution in [-0.4, -0.2) is 119 Å². The number of alkyl carbamates (subject to hydrolysis) is 1.